The molecule has 5 nitrogen and oxygen atoms in total. The molecule has 0 aliphatic carbocycles. The Kier molecular flexibility index (Phi) is 1.92. The van der Waals surface area contributed by atoms with Crippen LogP contribution in [0, 0.1) is 0 Å². The van der Waals surface area contributed by atoms with Gasteiger partial charge in [-0.15, -0.1) is 0 Å². The molecule has 0 amide bonds. The summed E-state index contributed by atoms with van der Waals surface area (Å²) in [6, 6.07) is 3.52. The minimum atomic E-state index is 0.492. The average Bonchev–Trinajstić information content (AvgIpc) is 2.64. The van der Waals surface area contributed by atoms with Gasteiger partial charge in [0.05, 0.1) is 5.69 Å². The first-order valence-corrected chi connectivity index (χ1v) is 4.12. The van der Waals surface area contributed by atoms with E-state index in [1.165, 1.54) is 0 Å². The van der Waals surface area contributed by atoms with Gasteiger partial charge in [0, 0.05) is 19.7 Å². The topological polar surface area (TPSA) is 59.2 Å². The van der Waals surface area contributed by atoms with E-state index in [4.69, 9.17) is 0 Å². The van der Waals surface area contributed by atoms with Crippen LogP contribution < -0.4 is 4.90 Å². The zero-order chi connectivity index (χ0) is 10.1. The monoisotopic (exact) mass is 191 g/mol. The van der Waals surface area contributed by atoms with Crippen LogP contribution in [0.2, 0.25) is 0 Å². The average molecular weight is 191 g/mol. The van der Waals surface area contributed by atoms with Gasteiger partial charge in [-0.05, 0) is 22.4 Å². The lowest BCUT2D eigenvalue weighted by molar-refractivity contribution is 0.112. The number of carbonyl (C=O) groups is 1. The van der Waals surface area contributed by atoms with Crippen LogP contribution in [0.5, 0.6) is 0 Å². The van der Waals surface area contributed by atoms with Crippen LogP contribution in [-0.4, -0.2) is 30.7 Å². The molecule has 1 aromatic carbocycles. The predicted molar refractivity (Wildman–Crippen MR) is 51.5 cm³/mol. The molecule has 72 valence electrons. The van der Waals surface area contributed by atoms with E-state index >= 15 is 0 Å². The van der Waals surface area contributed by atoms with Crippen molar-refractivity contribution >= 4 is 23.0 Å². The van der Waals surface area contributed by atoms with Crippen LogP contribution in [0.25, 0.3) is 11.0 Å². The van der Waals surface area contributed by atoms with Gasteiger partial charge < -0.3 is 4.90 Å². The summed E-state index contributed by atoms with van der Waals surface area (Å²) in [5.41, 5.74) is 2.49. The lowest BCUT2D eigenvalue weighted by Crippen LogP contribution is -2.09. The van der Waals surface area contributed by atoms with Crippen LogP contribution >= 0.6 is 0 Å². The number of carbonyl (C=O) groups excluding carboxylic acids is 1. The van der Waals surface area contributed by atoms with E-state index < -0.39 is 0 Å². The van der Waals surface area contributed by atoms with Crippen LogP contribution in [0.4, 0.5) is 5.69 Å². The van der Waals surface area contributed by atoms with E-state index in [1.54, 1.807) is 6.07 Å². The molecular weight excluding hydrogens is 182 g/mol. The number of aromatic nitrogens is 2. The number of rotatable bonds is 2. The third-order valence-electron chi connectivity index (χ3n) is 2.03. The SMILES string of the molecule is CN(C)c1ccc(C=O)c2nonc12. The zero-order valence-corrected chi connectivity index (χ0v) is 7.89. The molecule has 2 rings (SSSR count). The Morgan fingerprint density at radius 1 is 1.29 bits per heavy atom. The molecule has 0 bridgehead atoms. The van der Waals surface area contributed by atoms with Crippen LogP contribution in [-0.2, 0) is 0 Å². The third-order valence-corrected chi connectivity index (χ3v) is 2.03. The van der Waals surface area contributed by atoms with Gasteiger partial charge in [0.2, 0.25) is 0 Å². The quantitative estimate of drug-likeness (QED) is 0.665. The maximum absolute atomic E-state index is 10.7. The van der Waals surface area contributed by atoms with Gasteiger partial charge in [-0.2, -0.15) is 0 Å². The maximum atomic E-state index is 10.7. The molecule has 0 saturated heterocycles. The highest BCUT2D eigenvalue weighted by Crippen LogP contribution is 2.24. The second kappa shape index (κ2) is 3.10. The highest BCUT2D eigenvalue weighted by molar-refractivity contribution is 5.99. The van der Waals surface area contributed by atoms with E-state index in [0.29, 0.717) is 16.6 Å². The Balaban J connectivity index is 2.78. The first kappa shape index (κ1) is 8.68. The lowest BCUT2D eigenvalue weighted by atomic mass is 10.1. The molecule has 1 heterocycles. The van der Waals surface area contributed by atoms with E-state index in [1.807, 2.05) is 25.1 Å². The molecule has 1 aromatic heterocycles. The minimum Gasteiger partial charge on any atom is -0.376 e. The summed E-state index contributed by atoms with van der Waals surface area (Å²) in [5.74, 6) is 0. The van der Waals surface area contributed by atoms with Gasteiger partial charge in [0.1, 0.15) is 5.52 Å². The van der Waals surface area contributed by atoms with Crippen molar-refractivity contribution < 1.29 is 9.42 Å². The summed E-state index contributed by atoms with van der Waals surface area (Å²) in [7, 11) is 3.79. The number of nitrogens with zero attached hydrogens (tertiary/aromatic N) is 3. The third kappa shape index (κ3) is 1.14. The highest BCUT2D eigenvalue weighted by atomic mass is 16.6. The van der Waals surface area contributed by atoms with E-state index in [2.05, 4.69) is 14.9 Å². The minimum absolute atomic E-state index is 0.492. The van der Waals surface area contributed by atoms with Crippen molar-refractivity contribution in [2.75, 3.05) is 19.0 Å². The molecule has 0 spiro atoms. The van der Waals surface area contributed by atoms with E-state index in [9.17, 15) is 4.79 Å². The molecule has 0 atom stereocenters. The molecule has 5 heteroatoms. The summed E-state index contributed by atoms with van der Waals surface area (Å²) in [6.07, 6.45) is 0.742. The van der Waals surface area contributed by atoms with Crippen molar-refractivity contribution in [2.24, 2.45) is 0 Å². The van der Waals surface area contributed by atoms with Gasteiger partial charge in [-0.1, -0.05) is 0 Å². The molecule has 0 unspecified atom stereocenters. The number of fused-ring (bicyclic) bond motifs is 1. The van der Waals surface area contributed by atoms with Crippen LogP contribution in [0.1, 0.15) is 10.4 Å². The second-order valence-corrected chi connectivity index (χ2v) is 3.15. The van der Waals surface area contributed by atoms with Crippen molar-refractivity contribution in [2.45, 2.75) is 0 Å². The fourth-order valence-corrected chi connectivity index (χ4v) is 1.33. The summed E-state index contributed by atoms with van der Waals surface area (Å²) in [5, 5.41) is 7.45. The fraction of sp³-hybridized carbons (Fsp3) is 0.222. The molecule has 0 N–H and O–H groups in total. The molecular formula is C9H9N3O2. The van der Waals surface area contributed by atoms with Gasteiger partial charge in [0.15, 0.2) is 11.8 Å². The first-order chi connectivity index (χ1) is 6.74. The van der Waals surface area contributed by atoms with Crippen LogP contribution in [0.3, 0.4) is 0 Å². The van der Waals surface area contributed by atoms with Gasteiger partial charge >= 0.3 is 0 Å². The summed E-state index contributed by atoms with van der Waals surface area (Å²) >= 11 is 0. The second-order valence-electron chi connectivity index (χ2n) is 3.15. The normalized spacial score (nSPS) is 10.4. The molecule has 0 radical (unpaired) electrons. The van der Waals surface area contributed by atoms with Gasteiger partial charge in [-0.25, -0.2) is 4.63 Å². The summed E-state index contributed by atoms with van der Waals surface area (Å²) in [6.45, 7) is 0. The molecule has 0 saturated carbocycles. The molecule has 14 heavy (non-hydrogen) atoms. The fourth-order valence-electron chi connectivity index (χ4n) is 1.33. The van der Waals surface area contributed by atoms with Crippen molar-refractivity contribution in [1.82, 2.24) is 10.3 Å². The largest absolute Gasteiger partial charge is 0.376 e. The van der Waals surface area contributed by atoms with Gasteiger partial charge in [-0.3, -0.25) is 4.79 Å². The Hall–Kier alpha value is -1.91. The Morgan fingerprint density at radius 3 is 2.64 bits per heavy atom. The number of anilines is 1. The van der Waals surface area contributed by atoms with Gasteiger partial charge in [0.25, 0.3) is 0 Å². The molecule has 0 aliphatic rings. The van der Waals surface area contributed by atoms with Crippen molar-refractivity contribution in [3.8, 4) is 0 Å². The van der Waals surface area contributed by atoms with E-state index in [-0.39, 0.29) is 0 Å². The Bertz CT molecular complexity index is 476. The molecule has 0 fully saturated rings. The first-order valence-electron chi connectivity index (χ1n) is 4.12. The number of aldehydes is 1. The van der Waals surface area contributed by atoms with Crippen molar-refractivity contribution in [3.63, 3.8) is 0 Å². The Labute approximate surface area is 80.3 Å². The standard InChI is InChI=1S/C9H9N3O2/c1-12(2)7-4-3-6(5-13)8-9(7)11-14-10-8/h3-5H,1-2H3. The predicted octanol–water partition coefficient (Wildman–Crippen LogP) is 1.10. The number of hydrogen-bond acceptors (Lipinski definition) is 5. The smallest absolute Gasteiger partial charge is 0.159 e. The summed E-state index contributed by atoms with van der Waals surface area (Å²) < 4.78 is 4.61. The maximum Gasteiger partial charge on any atom is 0.159 e. The zero-order valence-electron chi connectivity index (χ0n) is 7.89. The molecule has 0 aliphatic heterocycles. The Morgan fingerprint density at radius 2 is 2.00 bits per heavy atom. The lowest BCUT2D eigenvalue weighted by Gasteiger charge is -2.11. The number of benzene rings is 1. The van der Waals surface area contributed by atoms with Crippen molar-refractivity contribution in [3.05, 3.63) is 17.7 Å². The summed E-state index contributed by atoms with van der Waals surface area (Å²) in [4.78, 5) is 12.6. The highest BCUT2D eigenvalue weighted by Gasteiger charge is 2.11. The van der Waals surface area contributed by atoms with Crippen LogP contribution in [0.15, 0.2) is 16.8 Å². The molecule has 2 aromatic rings. The van der Waals surface area contributed by atoms with Crippen molar-refractivity contribution in [1.29, 1.82) is 0 Å². The van der Waals surface area contributed by atoms with E-state index in [0.717, 1.165) is 12.0 Å². The number of hydrogen-bond donors (Lipinski definition) is 0.